The summed E-state index contributed by atoms with van der Waals surface area (Å²) >= 11 is 6.18. The number of carbonyl (C=O) groups excluding carboxylic acids is 2. The zero-order valence-electron chi connectivity index (χ0n) is 10.7. The highest BCUT2D eigenvalue weighted by atomic mass is 32.1. The minimum Gasteiger partial charge on any atom is -0.465 e. The molecule has 6 nitrogen and oxygen atoms in total. The Kier molecular flexibility index (Phi) is 5.24. The number of hydrogen-bond acceptors (Lipinski definition) is 5. The van der Waals surface area contributed by atoms with Crippen LogP contribution in [-0.4, -0.2) is 16.9 Å². The van der Waals surface area contributed by atoms with Crippen molar-refractivity contribution in [1.29, 1.82) is 0 Å². The lowest BCUT2D eigenvalue weighted by Gasteiger charge is -2.08. The number of rotatable bonds is 3. The molecule has 2 aromatic rings. The first-order valence-electron chi connectivity index (χ1n) is 5.81. The summed E-state index contributed by atoms with van der Waals surface area (Å²) < 4.78 is 5.04. The SMILES string of the molecule is O=C(/C=C/c1ccco1)NC(=S)NNC(=O)c1cccs1. The monoisotopic (exact) mass is 321 g/mol. The molecule has 8 heteroatoms. The van der Waals surface area contributed by atoms with Gasteiger partial charge < -0.3 is 4.42 Å². The molecule has 3 N–H and O–H groups in total. The van der Waals surface area contributed by atoms with Crippen LogP contribution >= 0.6 is 23.6 Å². The number of amides is 2. The van der Waals surface area contributed by atoms with Crippen molar-refractivity contribution < 1.29 is 14.0 Å². The van der Waals surface area contributed by atoms with Gasteiger partial charge in [-0.1, -0.05) is 6.07 Å². The van der Waals surface area contributed by atoms with Crippen LogP contribution in [0.25, 0.3) is 6.08 Å². The fraction of sp³-hybridized carbons (Fsp3) is 0. The van der Waals surface area contributed by atoms with Crippen LogP contribution < -0.4 is 16.2 Å². The number of thiophene rings is 1. The second kappa shape index (κ2) is 7.36. The van der Waals surface area contributed by atoms with Crippen LogP contribution in [0.15, 0.2) is 46.4 Å². The fourth-order valence-corrected chi connectivity index (χ4v) is 2.08. The second-order valence-corrected chi connectivity index (χ2v) is 5.08. The van der Waals surface area contributed by atoms with E-state index in [4.69, 9.17) is 16.6 Å². The van der Waals surface area contributed by atoms with Gasteiger partial charge in [0.05, 0.1) is 11.1 Å². The van der Waals surface area contributed by atoms with Gasteiger partial charge in [0.15, 0.2) is 5.11 Å². The Morgan fingerprint density at radius 2 is 2.10 bits per heavy atom. The molecule has 108 valence electrons. The molecule has 0 bridgehead atoms. The predicted octanol–water partition coefficient (Wildman–Crippen LogP) is 1.69. The van der Waals surface area contributed by atoms with Gasteiger partial charge >= 0.3 is 0 Å². The average molecular weight is 321 g/mol. The normalized spacial score (nSPS) is 10.3. The second-order valence-electron chi connectivity index (χ2n) is 3.72. The maximum atomic E-state index is 11.6. The van der Waals surface area contributed by atoms with Crippen molar-refractivity contribution in [3.63, 3.8) is 0 Å². The van der Waals surface area contributed by atoms with Gasteiger partial charge in [-0.05, 0) is 41.9 Å². The lowest BCUT2D eigenvalue weighted by molar-refractivity contribution is -0.115. The first-order valence-corrected chi connectivity index (χ1v) is 7.10. The van der Waals surface area contributed by atoms with E-state index < -0.39 is 5.91 Å². The molecule has 2 amide bonds. The molecule has 0 aliphatic rings. The van der Waals surface area contributed by atoms with Gasteiger partial charge in [0.2, 0.25) is 5.91 Å². The van der Waals surface area contributed by atoms with E-state index >= 15 is 0 Å². The van der Waals surface area contributed by atoms with Gasteiger partial charge in [0.25, 0.3) is 5.91 Å². The molecule has 0 radical (unpaired) electrons. The first-order chi connectivity index (χ1) is 10.1. The maximum Gasteiger partial charge on any atom is 0.279 e. The summed E-state index contributed by atoms with van der Waals surface area (Å²) in [6, 6.07) is 6.86. The van der Waals surface area contributed by atoms with E-state index in [1.54, 1.807) is 29.6 Å². The topological polar surface area (TPSA) is 83.4 Å². The highest BCUT2D eigenvalue weighted by molar-refractivity contribution is 7.80. The van der Waals surface area contributed by atoms with Crippen LogP contribution in [-0.2, 0) is 4.79 Å². The van der Waals surface area contributed by atoms with Gasteiger partial charge in [-0.25, -0.2) is 0 Å². The zero-order valence-corrected chi connectivity index (χ0v) is 12.3. The summed E-state index contributed by atoms with van der Waals surface area (Å²) in [5.74, 6) is -0.211. The molecule has 0 spiro atoms. The Bertz CT molecular complexity index is 648. The number of thiocarbonyl (C=S) groups is 1. The van der Waals surface area contributed by atoms with Crippen LogP contribution in [0, 0.1) is 0 Å². The Morgan fingerprint density at radius 1 is 1.24 bits per heavy atom. The molecule has 2 heterocycles. The molecule has 0 saturated carbocycles. The van der Waals surface area contributed by atoms with Crippen LogP contribution in [0.3, 0.4) is 0 Å². The summed E-state index contributed by atoms with van der Waals surface area (Å²) in [5.41, 5.74) is 4.83. The van der Waals surface area contributed by atoms with Crippen molar-refractivity contribution in [2.45, 2.75) is 0 Å². The average Bonchev–Trinajstić information content (AvgIpc) is 3.15. The highest BCUT2D eigenvalue weighted by Crippen LogP contribution is 2.06. The Balaban J connectivity index is 1.74. The highest BCUT2D eigenvalue weighted by Gasteiger charge is 2.07. The summed E-state index contributed by atoms with van der Waals surface area (Å²) in [4.78, 5) is 23.7. The van der Waals surface area contributed by atoms with E-state index in [1.807, 2.05) is 0 Å². The van der Waals surface area contributed by atoms with Crippen LogP contribution in [0.4, 0.5) is 0 Å². The van der Waals surface area contributed by atoms with E-state index in [9.17, 15) is 9.59 Å². The molecule has 2 rings (SSSR count). The Morgan fingerprint density at radius 3 is 2.76 bits per heavy atom. The van der Waals surface area contributed by atoms with Crippen LogP contribution in [0.5, 0.6) is 0 Å². The maximum absolute atomic E-state index is 11.6. The van der Waals surface area contributed by atoms with Gasteiger partial charge in [0, 0.05) is 6.08 Å². The lowest BCUT2D eigenvalue weighted by atomic mass is 10.4. The number of hydrazine groups is 1. The van der Waals surface area contributed by atoms with E-state index in [0.717, 1.165) is 0 Å². The van der Waals surface area contributed by atoms with Crippen molar-refractivity contribution in [2.24, 2.45) is 0 Å². The summed E-state index contributed by atoms with van der Waals surface area (Å²) in [6.45, 7) is 0. The standard InChI is InChI=1S/C13H11N3O3S2/c17-11(6-5-9-3-1-7-19-9)14-13(20)16-15-12(18)10-4-2-8-21-10/h1-8H,(H,15,18)(H2,14,16,17,20)/b6-5+. The molecule has 0 unspecified atom stereocenters. The summed E-state index contributed by atoms with van der Waals surface area (Å²) in [7, 11) is 0. The molecule has 0 aliphatic carbocycles. The number of furan rings is 1. The molecule has 0 atom stereocenters. The van der Waals surface area contributed by atoms with Crippen LogP contribution in [0.1, 0.15) is 15.4 Å². The third-order valence-corrected chi connectivity index (χ3v) is 3.29. The molecule has 2 aromatic heterocycles. The molecule has 0 aromatic carbocycles. The Labute approximate surface area is 129 Å². The van der Waals surface area contributed by atoms with Crippen molar-refractivity contribution in [3.05, 3.63) is 52.6 Å². The number of carbonyl (C=O) groups is 2. The minimum absolute atomic E-state index is 0.00555. The molecule has 0 saturated heterocycles. The largest absolute Gasteiger partial charge is 0.465 e. The lowest BCUT2D eigenvalue weighted by Crippen LogP contribution is -2.48. The summed E-state index contributed by atoms with van der Waals surface area (Å²) in [6.07, 6.45) is 4.28. The quantitative estimate of drug-likeness (QED) is 0.455. The van der Waals surface area contributed by atoms with Crippen molar-refractivity contribution in [3.8, 4) is 0 Å². The third kappa shape index (κ3) is 4.86. The van der Waals surface area contributed by atoms with Crippen LogP contribution in [0.2, 0.25) is 0 Å². The van der Waals surface area contributed by atoms with E-state index in [2.05, 4.69) is 16.2 Å². The van der Waals surface area contributed by atoms with Gasteiger partial charge in [-0.3, -0.25) is 25.8 Å². The molecule has 0 fully saturated rings. The first kappa shape index (κ1) is 14.9. The van der Waals surface area contributed by atoms with Gasteiger partial charge in [0.1, 0.15) is 5.76 Å². The van der Waals surface area contributed by atoms with Crippen molar-refractivity contribution in [1.82, 2.24) is 16.2 Å². The van der Waals surface area contributed by atoms with E-state index in [0.29, 0.717) is 10.6 Å². The van der Waals surface area contributed by atoms with E-state index in [-0.39, 0.29) is 11.0 Å². The Hall–Kier alpha value is -2.45. The van der Waals surface area contributed by atoms with E-state index in [1.165, 1.54) is 29.8 Å². The smallest absolute Gasteiger partial charge is 0.279 e. The predicted molar refractivity (Wildman–Crippen MR) is 83.4 cm³/mol. The molecule has 0 aliphatic heterocycles. The third-order valence-electron chi connectivity index (χ3n) is 2.21. The number of hydrogen-bond donors (Lipinski definition) is 3. The van der Waals surface area contributed by atoms with Gasteiger partial charge in [-0.15, -0.1) is 11.3 Å². The fourth-order valence-electron chi connectivity index (χ4n) is 1.31. The van der Waals surface area contributed by atoms with Crippen molar-refractivity contribution in [2.75, 3.05) is 0 Å². The molecular formula is C13H11N3O3S2. The van der Waals surface area contributed by atoms with Gasteiger partial charge in [-0.2, -0.15) is 0 Å². The zero-order chi connectivity index (χ0) is 15.1. The number of nitrogens with one attached hydrogen (secondary N) is 3. The molecular weight excluding hydrogens is 310 g/mol. The molecule has 21 heavy (non-hydrogen) atoms. The van der Waals surface area contributed by atoms with Crippen molar-refractivity contribution >= 4 is 46.6 Å². The minimum atomic E-state index is -0.436. The summed E-state index contributed by atoms with van der Waals surface area (Å²) in [5, 5.41) is 4.17.